The first kappa shape index (κ1) is 14.7. The van der Waals surface area contributed by atoms with Crippen LogP contribution in [0, 0.1) is 0 Å². The van der Waals surface area contributed by atoms with Crippen LogP contribution in [0.5, 0.6) is 0 Å². The number of hydrogen-bond donors (Lipinski definition) is 1. The molecule has 0 saturated carbocycles. The molecule has 0 aliphatic heterocycles. The lowest BCUT2D eigenvalue weighted by Gasteiger charge is -2.13. The summed E-state index contributed by atoms with van der Waals surface area (Å²) in [5.74, 6) is -0.851. The zero-order valence-electron chi connectivity index (χ0n) is 10.6. The Morgan fingerprint density at radius 1 is 1.25 bits per heavy atom. The van der Waals surface area contributed by atoms with Gasteiger partial charge in [0.2, 0.25) is 0 Å². The lowest BCUT2D eigenvalue weighted by Crippen LogP contribution is -2.29. The highest BCUT2D eigenvalue weighted by Crippen LogP contribution is 2.15. The van der Waals surface area contributed by atoms with E-state index in [0.717, 1.165) is 4.47 Å². The normalized spacial score (nSPS) is 11.7. The number of thiophene rings is 1. The molecule has 0 fully saturated rings. The van der Waals surface area contributed by atoms with Crippen molar-refractivity contribution in [2.45, 2.75) is 13.0 Å². The van der Waals surface area contributed by atoms with Gasteiger partial charge in [-0.1, -0.05) is 22.0 Å². The van der Waals surface area contributed by atoms with E-state index in [0.29, 0.717) is 10.6 Å². The molecule has 1 atom stereocenters. The van der Waals surface area contributed by atoms with Gasteiger partial charge in [-0.25, -0.2) is 4.79 Å². The van der Waals surface area contributed by atoms with E-state index in [2.05, 4.69) is 21.2 Å². The number of esters is 1. The average molecular weight is 354 g/mol. The molecule has 0 unspecified atom stereocenters. The van der Waals surface area contributed by atoms with Crippen molar-refractivity contribution in [3.8, 4) is 0 Å². The maximum atomic E-state index is 11.9. The molecule has 4 nitrogen and oxygen atoms in total. The number of carbonyl (C=O) groups is 2. The van der Waals surface area contributed by atoms with Crippen molar-refractivity contribution in [2.75, 3.05) is 5.32 Å². The molecular formula is C14H12BrNO3S. The molecule has 1 N–H and O–H groups in total. The Balaban J connectivity index is 1.92. The highest BCUT2D eigenvalue weighted by Gasteiger charge is 2.19. The fourth-order valence-corrected chi connectivity index (χ4v) is 2.31. The molecule has 0 radical (unpaired) electrons. The molecule has 1 heterocycles. The minimum absolute atomic E-state index is 0.364. The molecule has 0 saturated heterocycles. The molecule has 6 heteroatoms. The number of rotatable bonds is 4. The summed E-state index contributed by atoms with van der Waals surface area (Å²) in [6.45, 7) is 1.54. The third-order valence-electron chi connectivity index (χ3n) is 2.49. The number of halogens is 1. The van der Waals surface area contributed by atoms with Crippen molar-refractivity contribution in [2.24, 2.45) is 0 Å². The summed E-state index contributed by atoms with van der Waals surface area (Å²) < 4.78 is 6.03. The molecule has 1 aromatic heterocycles. The summed E-state index contributed by atoms with van der Waals surface area (Å²) in [5, 5.41) is 4.47. The van der Waals surface area contributed by atoms with Gasteiger partial charge in [0.1, 0.15) is 4.88 Å². The van der Waals surface area contributed by atoms with Crippen molar-refractivity contribution < 1.29 is 14.3 Å². The number of carbonyl (C=O) groups excluding carboxylic acids is 2. The van der Waals surface area contributed by atoms with Crippen LogP contribution in [0.1, 0.15) is 16.6 Å². The van der Waals surface area contributed by atoms with Crippen molar-refractivity contribution in [3.05, 3.63) is 51.1 Å². The third-order valence-corrected chi connectivity index (χ3v) is 3.87. The van der Waals surface area contributed by atoms with Crippen molar-refractivity contribution >= 4 is 44.8 Å². The van der Waals surface area contributed by atoms with Crippen LogP contribution in [0.15, 0.2) is 46.3 Å². The molecule has 0 spiro atoms. The van der Waals surface area contributed by atoms with E-state index >= 15 is 0 Å². The Kier molecular flexibility index (Phi) is 4.92. The van der Waals surface area contributed by atoms with E-state index in [1.807, 2.05) is 12.1 Å². The first-order valence-corrected chi connectivity index (χ1v) is 7.54. The Labute approximate surface area is 128 Å². The smallest absolute Gasteiger partial charge is 0.349 e. The Morgan fingerprint density at radius 2 is 1.95 bits per heavy atom. The Morgan fingerprint density at radius 3 is 2.55 bits per heavy atom. The van der Waals surface area contributed by atoms with Crippen LogP contribution in [0.25, 0.3) is 0 Å². The second-order valence-corrected chi connectivity index (χ2v) is 5.88. The molecular weight excluding hydrogens is 342 g/mol. The highest BCUT2D eigenvalue weighted by atomic mass is 79.9. The van der Waals surface area contributed by atoms with Crippen LogP contribution in [-0.2, 0) is 9.53 Å². The van der Waals surface area contributed by atoms with Crippen LogP contribution >= 0.6 is 27.3 Å². The maximum Gasteiger partial charge on any atom is 0.349 e. The van der Waals surface area contributed by atoms with E-state index in [1.165, 1.54) is 11.3 Å². The van der Waals surface area contributed by atoms with Crippen LogP contribution < -0.4 is 5.32 Å². The van der Waals surface area contributed by atoms with Crippen LogP contribution in [-0.4, -0.2) is 18.0 Å². The highest BCUT2D eigenvalue weighted by molar-refractivity contribution is 9.10. The molecule has 2 rings (SSSR count). The summed E-state index contributed by atoms with van der Waals surface area (Å²) in [7, 11) is 0. The summed E-state index contributed by atoms with van der Waals surface area (Å²) in [5.41, 5.74) is 0.650. The topological polar surface area (TPSA) is 55.4 Å². The molecule has 0 bridgehead atoms. The van der Waals surface area contributed by atoms with Gasteiger partial charge in [0.05, 0.1) is 0 Å². The fraction of sp³-hybridized carbons (Fsp3) is 0.143. The van der Waals surface area contributed by atoms with Crippen molar-refractivity contribution in [3.63, 3.8) is 0 Å². The average Bonchev–Trinajstić information content (AvgIpc) is 2.95. The molecule has 1 amide bonds. The number of nitrogens with one attached hydrogen (secondary N) is 1. The lowest BCUT2D eigenvalue weighted by molar-refractivity contribution is -0.123. The van der Waals surface area contributed by atoms with Gasteiger partial charge in [0.15, 0.2) is 6.10 Å². The van der Waals surface area contributed by atoms with E-state index in [9.17, 15) is 9.59 Å². The number of ether oxygens (including phenoxy) is 1. The first-order chi connectivity index (χ1) is 9.56. The zero-order valence-corrected chi connectivity index (χ0v) is 13.0. The van der Waals surface area contributed by atoms with Crippen molar-refractivity contribution in [1.29, 1.82) is 0 Å². The van der Waals surface area contributed by atoms with Crippen LogP contribution in [0.3, 0.4) is 0 Å². The quantitative estimate of drug-likeness (QED) is 0.852. The summed E-state index contributed by atoms with van der Waals surface area (Å²) in [6.07, 6.45) is -0.853. The largest absolute Gasteiger partial charge is 0.448 e. The minimum Gasteiger partial charge on any atom is -0.448 e. The van der Waals surface area contributed by atoms with E-state index in [-0.39, 0.29) is 5.91 Å². The number of anilines is 1. The summed E-state index contributed by atoms with van der Waals surface area (Å²) in [6, 6.07) is 10.6. The maximum absolute atomic E-state index is 11.9. The van der Waals surface area contributed by atoms with Gasteiger partial charge in [0, 0.05) is 10.2 Å². The first-order valence-electron chi connectivity index (χ1n) is 5.87. The van der Waals surface area contributed by atoms with Gasteiger partial charge in [-0.05, 0) is 42.6 Å². The predicted molar refractivity (Wildman–Crippen MR) is 82.0 cm³/mol. The molecule has 20 heavy (non-hydrogen) atoms. The van der Waals surface area contributed by atoms with Crippen LogP contribution in [0.2, 0.25) is 0 Å². The van der Waals surface area contributed by atoms with E-state index < -0.39 is 12.1 Å². The molecule has 0 aliphatic rings. The molecule has 0 aliphatic carbocycles. The molecule has 104 valence electrons. The SMILES string of the molecule is C[C@H](OC(=O)c1cccs1)C(=O)Nc1ccc(Br)cc1. The number of hydrogen-bond acceptors (Lipinski definition) is 4. The molecule has 1 aromatic carbocycles. The summed E-state index contributed by atoms with van der Waals surface area (Å²) in [4.78, 5) is 24.1. The van der Waals surface area contributed by atoms with Gasteiger partial charge >= 0.3 is 5.97 Å². The molecule has 2 aromatic rings. The second kappa shape index (κ2) is 6.67. The minimum atomic E-state index is -0.853. The number of benzene rings is 1. The third kappa shape index (κ3) is 3.91. The van der Waals surface area contributed by atoms with E-state index in [1.54, 1.807) is 36.6 Å². The lowest BCUT2D eigenvalue weighted by atomic mass is 10.3. The fourth-order valence-electron chi connectivity index (χ4n) is 1.44. The zero-order chi connectivity index (χ0) is 14.5. The summed E-state index contributed by atoms with van der Waals surface area (Å²) >= 11 is 4.59. The van der Waals surface area contributed by atoms with Gasteiger partial charge < -0.3 is 10.1 Å². The van der Waals surface area contributed by atoms with Gasteiger partial charge in [-0.3, -0.25) is 4.79 Å². The van der Waals surface area contributed by atoms with Crippen LogP contribution in [0.4, 0.5) is 5.69 Å². The van der Waals surface area contributed by atoms with Gasteiger partial charge in [-0.2, -0.15) is 0 Å². The second-order valence-electron chi connectivity index (χ2n) is 4.02. The number of amides is 1. The Hall–Kier alpha value is -1.66. The standard InChI is InChI=1S/C14H12BrNO3S/c1-9(19-14(18)12-3-2-8-20-12)13(17)16-11-6-4-10(15)5-7-11/h2-9H,1H3,(H,16,17)/t9-/m0/s1. The van der Waals surface area contributed by atoms with Gasteiger partial charge in [-0.15, -0.1) is 11.3 Å². The van der Waals surface area contributed by atoms with Crippen molar-refractivity contribution in [1.82, 2.24) is 0 Å². The monoisotopic (exact) mass is 353 g/mol. The van der Waals surface area contributed by atoms with E-state index in [4.69, 9.17) is 4.74 Å². The predicted octanol–water partition coefficient (Wildman–Crippen LogP) is 3.69. The van der Waals surface area contributed by atoms with Gasteiger partial charge in [0.25, 0.3) is 5.91 Å². The Bertz CT molecular complexity index is 595.